The first-order valence-electron chi connectivity index (χ1n) is 9.95. The minimum Gasteiger partial charge on any atom is -0.396 e. The highest BCUT2D eigenvalue weighted by Gasteiger charge is 2.60. The number of hydrogen-bond acceptors (Lipinski definition) is 5. The van der Waals surface area contributed by atoms with E-state index in [9.17, 15) is 15.3 Å². The van der Waals surface area contributed by atoms with Crippen LogP contribution >= 0.6 is 0 Å². The number of hydrogen-bond donors (Lipinski definition) is 3. The molecule has 1 heterocycles. The van der Waals surface area contributed by atoms with Crippen LogP contribution < -0.4 is 0 Å². The van der Waals surface area contributed by atoms with Crippen LogP contribution in [0, 0.1) is 22.7 Å². The van der Waals surface area contributed by atoms with Crippen molar-refractivity contribution in [1.29, 1.82) is 0 Å². The van der Waals surface area contributed by atoms with Crippen LogP contribution in [-0.4, -0.2) is 53.1 Å². The Balaban J connectivity index is 1.66. The third-order valence-electron chi connectivity index (χ3n) is 7.79. The van der Waals surface area contributed by atoms with Gasteiger partial charge in [-0.15, -0.1) is 6.58 Å². The SMILES string of the molecule is C=CC[C@]1(CO)C[C@H](O)[C@@H]2[C@H](CC=C3CC4(CC[C@]32C)OCCO4)[C@H]1O. The van der Waals surface area contributed by atoms with Crippen molar-refractivity contribution in [3.63, 3.8) is 0 Å². The second-order valence-corrected chi connectivity index (χ2v) is 9.09. The molecule has 5 nitrogen and oxygen atoms in total. The topological polar surface area (TPSA) is 79.2 Å². The van der Waals surface area contributed by atoms with Crippen LogP contribution in [0.25, 0.3) is 0 Å². The van der Waals surface area contributed by atoms with Crippen molar-refractivity contribution >= 4 is 0 Å². The van der Waals surface area contributed by atoms with Crippen molar-refractivity contribution in [2.75, 3.05) is 19.8 Å². The van der Waals surface area contributed by atoms with E-state index in [-0.39, 0.29) is 23.9 Å². The lowest BCUT2D eigenvalue weighted by atomic mass is 9.48. The smallest absolute Gasteiger partial charge is 0.172 e. The quantitative estimate of drug-likeness (QED) is 0.669. The van der Waals surface area contributed by atoms with E-state index in [1.165, 1.54) is 5.57 Å². The van der Waals surface area contributed by atoms with Gasteiger partial charge in [-0.05, 0) is 42.9 Å². The molecule has 1 spiro atoms. The van der Waals surface area contributed by atoms with Crippen molar-refractivity contribution in [3.8, 4) is 0 Å². The van der Waals surface area contributed by atoms with E-state index in [1.54, 1.807) is 6.08 Å². The molecule has 0 aromatic heterocycles. The summed E-state index contributed by atoms with van der Waals surface area (Å²) in [5, 5.41) is 32.3. The molecule has 5 heteroatoms. The molecule has 0 bridgehead atoms. The van der Waals surface area contributed by atoms with Gasteiger partial charge < -0.3 is 24.8 Å². The Morgan fingerprint density at radius 3 is 2.65 bits per heavy atom. The largest absolute Gasteiger partial charge is 0.396 e. The lowest BCUT2D eigenvalue weighted by Gasteiger charge is -2.59. The average Bonchev–Trinajstić information content (AvgIpc) is 3.07. The van der Waals surface area contributed by atoms with Crippen molar-refractivity contribution in [2.24, 2.45) is 22.7 Å². The van der Waals surface area contributed by atoms with E-state index >= 15 is 0 Å². The molecule has 146 valence electrons. The van der Waals surface area contributed by atoms with E-state index in [0.29, 0.717) is 26.1 Å². The van der Waals surface area contributed by atoms with Crippen molar-refractivity contribution in [3.05, 3.63) is 24.3 Å². The van der Waals surface area contributed by atoms with Gasteiger partial charge in [0.15, 0.2) is 5.79 Å². The zero-order valence-corrected chi connectivity index (χ0v) is 15.7. The molecule has 3 aliphatic carbocycles. The molecule has 3 fully saturated rings. The lowest BCUT2D eigenvalue weighted by Crippen LogP contribution is -2.61. The van der Waals surface area contributed by atoms with Crippen LogP contribution in [0.1, 0.15) is 45.4 Å². The average molecular weight is 364 g/mol. The summed E-state index contributed by atoms with van der Waals surface area (Å²) in [6.45, 7) is 7.19. The highest BCUT2D eigenvalue weighted by atomic mass is 16.7. The third kappa shape index (κ3) is 2.55. The highest BCUT2D eigenvalue weighted by Crippen LogP contribution is 2.61. The Kier molecular flexibility index (Phi) is 4.60. The van der Waals surface area contributed by atoms with E-state index < -0.39 is 23.4 Å². The molecule has 6 atom stereocenters. The molecule has 0 amide bonds. The first-order chi connectivity index (χ1) is 12.4. The summed E-state index contributed by atoms with van der Waals surface area (Å²) < 4.78 is 11.8. The molecular formula is C21H32O5. The molecule has 4 rings (SSSR count). The van der Waals surface area contributed by atoms with Gasteiger partial charge in [0.1, 0.15) is 0 Å². The molecule has 0 aromatic rings. The van der Waals surface area contributed by atoms with Gasteiger partial charge in [0, 0.05) is 18.3 Å². The van der Waals surface area contributed by atoms with Crippen molar-refractivity contribution in [2.45, 2.75) is 63.4 Å². The van der Waals surface area contributed by atoms with Gasteiger partial charge in [-0.25, -0.2) is 0 Å². The number of ether oxygens (including phenoxy) is 2. The minimum absolute atomic E-state index is 0.000688. The number of aliphatic hydroxyl groups excluding tert-OH is 3. The second kappa shape index (κ2) is 6.42. The minimum atomic E-state index is -0.683. The Labute approximate surface area is 155 Å². The molecule has 0 aromatic carbocycles. The van der Waals surface area contributed by atoms with Gasteiger partial charge in [-0.3, -0.25) is 0 Å². The lowest BCUT2D eigenvalue weighted by molar-refractivity contribution is -0.205. The maximum atomic E-state index is 11.2. The monoisotopic (exact) mass is 364 g/mol. The Morgan fingerprint density at radius 1 is 1.27 bits per heavy atom. The summed E-state index contributed by atoms with van der Waals surface area (Å²) >= 11 is 0. The summed E-state index contributed by atoms with van der Waals surface area (Å²) in [6, 6.07) is 0. The second-order valence-electron chi connectivity index (χ2n) is 9.09. The zero-order chi connectivity index (χ0) is 18.6. The number of fused-ring (bicyclic) bond motifs is 3. The fourth-order valence-electron chi connectivity index (χ4n) is 6.39. The van der Waals surface area contributed by atoms with Gasteiger partial charge >= 0.3 is 0 Å². The van der Waals surface area contributed by atoms with Gasteiger partial charge in [-0.2, -0.15) is 0 Å². The highest BCUT2D eigenvalue weighted by molar-refractivity contribution is 5.27. The molecule has 3 N–H and O–H groups in total. The van der Waals surface area contributed by atoms with Gasteiger partial charge in [0.05, 0.1) is 32.0 Å². The van der Waals surface area contributed by atoms with E-state index in [4.69, 9.17) is 9.47 Å². The fraction of sp³-hybridized carbons (Fsp3) is 0.810. The van der Waals surface area contributed by atoms with Gasteiger partial charge in [-0.1, -0.05) is 24.6 Å². The summed E-state index contributed by atoms with van der Waals surface area (Å²) in [5.74, 6) is -0.520. The van der Waals surface area contributed by atoms with E-state index in [0.717, 1.165) is 25.7 Å². The summed E-state index contributed by atoms with van der Waals surface area (Å²) in [5.41, 5.74) is 0.468. The molecule has 1 saturated heterocycles. The predicted molar refractivity (Wildman–Crippen MR) is 97.2 cm³/mol. The number of allylic oxidation sites excluding steroid dienone is 2. The predicted octanol–water partition coefficient (Wildman–Crippen LogP) is 2.16. The van der Waals surface area contributed by atoms with Crippen molar-refractivity contribution in [1.82, 2.24) is 0 Å². The molecule has 2 saturated carbocycles. The maximum Gasteiger partial charge on any atom is 0.172 e. The Morgan fingerprint density at radius 2 is 2.00 bits per heavy atom. The van der Waals surface area contributed by atoms with Crippen LogP contribution in [0.2, 0.25) is 0 Å². The van der Waals surface area contributed by atoms with Crippen LogP contribution in [0.5, 0.6) is 0 Å². The van der Waals surface area contributed by atoms with Crippen LogP contribution in [0.15, 0.2) is 24.3 Å². The standard InChI is InChI=1S/C21H32O5/c1-3-6-20(13-22)12-16(23)17-15(18(20)24)5-4-14-11-21(25-9-10-26-21)8-7-19(14,17)2/h3-4,15-18,22-24H,1,5-13H2,2H3/t15-,16-,17-,18+,19+,20+/m0/s1. The molecular weight excluding hydrogens is 332 g/mol. The first kappa shape index (κ1) is 18.6. The summed E-state index contributed by atoms with van der Waals surface area (Å²) in [7, 11) is 0. The molecule has 0 unspecified atom stereocenters. The van der Waals surface area contributed by atoms with E-state index in [2.05, 4.69) is 19.6 Å². The number of rotatable bonds is 3. The summed E-state index contributed by atoms with van der Waals surface area (Å²) in [4.78, 5) is 0. The van der Waals surface area contributed by atoms with Crippen LogP contribution in [0.4, 0.5) is 0 Å². The van der Waals surface area contributed by atoms with Gasteiger partial charge in [0.25, 0.3) is 0 Å². The van der Waals surface area contributed by atoms with Gasteiger partial charge in [0.2, 0.25) is 0 Å². The Hall–Kier alpha value is -0.720. The fourth-order valence-corrected chi connectivity index (χ4v) is 6.39. The summed E-state index contributed by atoms with van der Waals surface area (Å²) in [6.07, 6.45) is 6.94. The molecule has 0 radical (unpaired) electrons. The first-order valence-corrected chi connectivity index (χ1v) is 9.95. The molecule has 26 heavy (non-hydrogen) atoms. The molecule has 1 aliphatic heterocycles. The Bertz CT molecular complexity index is 595. The molecule has 4 aliphatic rings. The maximum absolute atomic E-state index is 11.2. The van der Waals surface area contributed by atoms with E-state index in [1.807, 2.05) is 0 Å². The third-order valence-corrected chi connectivity index (χ3v) is 7.79. The van der Waals surface area contributed by atoms with Crippen LogP contribution in [0.3, 0.4) is 0 Å². The zero-order valence-electron chi connectivity index (χ0n) is 15.7. The van der Waals surface area contributed by atoms with Crippen LogP contribution in [-0.2, 0) is 9.47 Å². The van der Waals surface area contributed by atoms with Crippen molar-refractivity contribution < 1.29 is 24.8 Å². The normalized spacial score (nSPS) is 47.2. The number of aliphatic hydroxyl groups is 3.